The van der Waals surface area contributed by atoms with Crippen LogP contribution in [0.15, 0.2) is 121 Å². The molecule has 0 unspecified atom stereocenters. The number of nitrogens with zero attached hydrogens (tertiary/aromatic N) is 8. The highest BCUT2D eigenvalue weighted by atomic mass is 16.1. The predicted molar refractivity (Wildman–Crippen MR) is 377 cm³/mol. The Bertz CT molecular complexity index is 3530. The second-order valence-corrected chi connectivity index (χ2v) is 26.9. The van der Waals surface area contributed by atoms with Gasteiger partial charge in [0.1, 0.15) is 40.6 Å². The number of hydrogen-bond acceptors (Lipinski definition) is 11. The van der Waals surface area contributed by atoms with Crippen molar-refractivity contribution in [1.29, 1.82) is 0 Å². The van der Waals surface area contributed by atoms with Crippen LogP contribution >= 0.6 is 0 Å². The molecular formula is C82H104N8O3. The highest BCUT2D eigenvalue weighted by Gasteiger charge is 2.24. The summed E-state index contributed by atoms with van der Waals surface area (Å²) in [6.45, 7) is 15.5. The minimum Gasteiger partial charge on any atom is -0.300 e. The first kappa shape index (κ1) is 71.1. The Morgan fingerprint density at radius 2 is 0.548 bits per heavy atom. The van der Waals surface area contributed by atoms with Crippen molar-refractivity contribution < 1.29 is 14.4 Å². The molecule has 11 heteroatoms. The van der Waals surface area contributed by atoms with E-state index >= 15 is 0 Å². The first-order valence-electron chi connectivity index (χ1n) is 34.8. The van der Waals surface area contributed by atoms with Gasteiger partial charge in [-0.05, 0) is 175 Å². The third kappa shape index (κ3) is 23.0. The maximum absolute atomic E-state index is 11.2. The van der Waals surface area contributed by atoms with E-state index in [4.69, 9.17) is 24.9 Å². The summed E-state index contributed by atoms with van der Waals surface area (Å²) in [6, 6.07) is 42.4. The summed E-state index contributed by atoms with van der Waals surface area (Å²) in [5, 5.41) is 0. The van der Waals surface area contributed by atoms with E-state index < -0.39 is 0 Å². The molecule has 4 fully saturated rings. The van der Waals surface area contributed by atoms with Gasteiger partial charge in [0.2, 0.25) is 0 Å². The third-order valence-electron chi connectivity index (χ3n) is 18.4. The largest absolute Gasteiger partial charge is 0.300 e. The van der Waals surface area contributed by atoms with E-state index in [0.717, 1.165) is 118 Å². The summed E-state index contributed by atoms with van der Waals surface area (Å²) in [7, 11) is 0. The van der Waals surface area contributed by atoms with Gasteiger partial charge in [-0.1, -0.05) is 176 Å². The van der Waals surface area contributed by atoms with Crippen molar-refractivity contribution >= 4 is 17.3 Å². The molecule has 4 heterocycles. The molecule has 8 aromatic rings. The van der Waals surface area contributed by atoms with Gasteiger partial charge in [0.05, 0.1) is 0 Å². The molecule has 4 aromatic carbocycles. The third-order valence-corrected chi connectivity index (χ3v) is 18.4. The van der Waals surface area contributed by atoms with Crippen LogP contribution in [0.2, 0.25) is 0 Å². The molecule has 0 atom stereocenters. The Kier molecular flexibility index (Phi) is 27.5. The molecule has 11 nitrogen and oxygen atoms in total. The fraction of sp³-hybridized carbons (Fsp3) is 0.476. The smallest absolute Gasteiger partial charge is 0.134 e. The van der Waals surface area contributed by atoms with E-state index in [9.17, 15) is 14.4 Å². The first-order chi connectivity index (χ1) is 44.6. The summed E-state index contributed by atoms with van der Waals surface area (Å²) in [4.78, 5) is 71.7. The van der Waals surface area contributed by atoms with Gasteiger partial charge in [-0.25, -0.2) is 39.9 Å². The predicted octanol–water partition coefficient (Wildman–Crippen LogP) is 18.4. The summed E-state index contributed by atoms with van der Waals surface area (Å²) < 4.78 is 0. The Morgan fingerprint density at radius 1 is 0.323 bits per heavy atom. The highest BCUT2D eigenvalue weighted by molar-refractivity contribution is 5.79. The normalized spacial score (nSPS) is 14.9. The summed E-state index contributed by atoms with van der Waals surface area (Å²) in [5.41, 5.74) is 18.5. The zero-order valence-corrected chi connectivity index (χ0v) is 56.5. The average molecular weight is 1250 g/mol. The molecule has 0 radical (unpaired) electrons. The second-order valence-electron chi connectivity index (χ2n) is 26.9. The maximum atomic E-state index is 11.2. The van der Waals surface area contributed by atoms with Crippen LogP contribution < -0.4 is 0 Å². The van der Waals surface area contributed by atoms with Crippen molar-refractivity contribution in [3.63, 3.8) is 0 Å². The van der Waals surface area contributed by atoms with Crippen LogP contribution in [-0.2, 0) is 72.2 Å². The van der Waals surface area contributed by atoms with Crippen LogP contribution in [0, 0.1) is 20.8 Å². The fourth-order valence-electron chi connectivity index (χ4n) is 13.7. The van der Waals surface area contributed by atoms with Crippen molar-refractivity contribution in [3.8, 4) is 0 Å². The summed E-state index contributed by atoms with van der Waals surface area (Å²) >= 11 is 0. The number of aryl methyl sites for hydroxylation is 5. The Morgan fingerprint density at radius 3 is 0.796 bits per heavy atom. The molecule has 0 N–H and O–H groups in total. The number of ketones is 3. The monoisotopic (exact) mass is 1250 g/mol. The van der Waals surface area contributed by atoms with Crippen molar-refractivity contribution in [1.82, 2.24) is 39.9 Å². The average Bonchev–Trinajstić information content (AvgIpc) is 2.09. The first-order valence-corrected chi connectivity index (χ1v) is 34.8. The molecule has 0 bridgehead atoms. The van der Waals surface area contributed by atoms with Crippen molar-refractivity contribution in [2.75, 3.05) is 0 Å². The number of Topliss-reactive ketones (excluding diaryl/α,β-unsaturated/α-hetero) is 3. The van der Waals surface area contributed by atoms with Crippen LogP contribution in [0.5, 0.6) is 0 Å². The topological polar surface area (TPSA) is 154 Å². The van der Waals surface area contributed by atoms with E-state index in [-0.39, 0.29) is 24.8 Å². The molecule has 4 aliphatic carbocycles. The highest BCUT2D eigenvalue weighted by Crippen LogP contribution is 2.36. The minimum absolute atomic E-state index is 0. The van der Waals surface area contributed by atoms with Crippen molar-refractivity contribution in [3.05, 3.63) is 235 Å². The lowest BCUT2D eigenvalue weighted by Gasteiger charge is -2.12. The molecular weight excluding hydrogens is 1140 g/mol. The Labute approximate surface area is 556 Å². The molecule has 4 aliphatic rings. The molecule has 12 rings (SSSR count). The van der Waals surface area contributed by atoms with Crippen LogP contribution in [0.4, 0.5) is 0 Å². The SMILES string of the molecule is C.CC(=O)Cc1ccc(Cc2cc(C)nc(C3CCCC3)n2)cc1.CC(=O)Cc1ccc(Cc2cc(C)nc(C3CCCC3)n2)cc1.CCCc1ccc(Cc2cc(C)nc(C3CCCC3)n2)cc1.CCc1cc(Cc2ccc(CC(C)=O)cc2)nc(C2CCCC2)n1. The van der Waals surface area contributed by atoms with Crippen LogP contribution in [0.1, 0.15) is 288 Å². The van der Waals surface area contributed by atoms with E-state index in [1.165, 1.54) is 143 Å². The van der Waals surface area contributed by atoms with Gasteiger partial charge in [-0.3, -0.25) is 14.4 Å². The number of hydrogen-bond donors (Lipinski definition) is 0. The summed E-state index contributed by atoms with van der Waals surface area (Å²) in [5.74, 6) is 7.03. The lowest BCUT2D eigenvalue weighted by atomic mass is 10.0. The number of aromatic nitrogens is 8. The lowest BCUT2D eigenvalue weighted by molar-refractivity contribution is -0.117. The Hall–Kier alpha value is -7.79. The van der Waals surface area contributed by atoms with Crippen molar-refractivity contribution in [2.24, 2.45) is 0 Å². The molecule has 0 amide bonds. The molecule has 490 valence electrons. The number of carbonyl (C=O) groups excluding carboxylic acids is 3. The number of benzene rings is 4. The molecule has 0 aliphatic heterocycles. The van der Waals surface area contributed by atoms with Gasteiger partial charge in [0.15, 0.2) is 0 Å². The van der Waals surface area contributed by atoms with Gasteiger partial charge < -0.3 is 0 Å². The van der Waals surface area contributed by atoms with Crippen LogP contribution in [-0.4, -0.2) is 57.2 Å². The van der Waals surface area contributed by atoms with Crippen molar-refractivity contribution in [2.45, 2.75) is 253 Å². The maximum Gasteiger partial charge on any atom is 0.134 e. The molecule has 0 saturated heterocycles. The minimum atomic E-state index is 0. The fourth-order valence-corrected chi connectivity index (χ4v) is 13.7. The van der Waals surface area contributed by atoms with Crippen LogP contribution in [0.25, 0.3) is 0 Å². The Balaban J connectivity index is 0.000000159. The van der Waals surface area contributed by atoms with Gasteiger partial charge in [-0.15, -0.1) is 0 Å². The van der Waals surface area contributed by atoms with Crippen LogP contribution in [0.3, 0.4) is 0 Å². The zero-order chi connectivity index (χ0) is 64.8. The summed E-state index contributed by atoms with van der Waals surface area (Å²) in [6.07, 6.45) is 28.6. The van der Waals surface area contributed by atoms with Gasteiger partial charge >= 0.3 is 0 Å². The lowest BCUT2D eigenvalue weighted by Crippen LogP contribution is -2.07. The number of rotatable bonds is 21. The standard InChI is InChI=1S/C21H26N2O.2C20H24N2O.C20H26N2.CH4/c1-3-19-14-20(23-21(22-19)18-6-4-5-7-18)13-17-10-8-16(9-11-17)12-15(2)24;2*1-14-11-19(22-20(21-14)18-5-3-4-6-18)13-17-9-7-16(8-10-17)12-15(2)23;1-3-6-16-9-11-17(12-10-16)14-19-13-15(2)21-20(22-19)18-7-4-5-8-18;/h8-11,14,18H,3-7,12-13H2,1-2H3;2*7-11,18H,3-6,12-13H2,1-2H3;9-13,18H,3-8,14H2,1-2H3;1H4. The van der Waals surface area contributed by atoms with Gasteiger partial charge in [-0.2, -0.15) is 0 Å². The quantitative estimate of drug-likeness (QED) is 0.0675. The molecule has 93 heavy (non-hydrogen) atoms. The molecule has 0 spiro atoms. The van der Waals surface area contributed by atoms with E-state index in [2.05, 4.69) is 147 Å². The van der Waals surface area contributed by atoms with E-state index in [1.54, 1.807) is 20.8 Å². The van der Waals surface area contributed by atoms with Gasteiger partial charge in [0.25, 0.3) is 0 Å². The molecule has 4 saturated carbocycles. The van der Waals surface area contributed by atoms with E-state index in [0.29, 0.717) is 42.9 Å². The molecule has 4 aromatic heterocycles. The van der Waals surface area contributed by atoms with Gasteiger partial charge in [0, 0.05) is 114 Å². The van der Waals surface area contributed by atoms with E-state index in [1.807, 2.05) is 24.3 Å². The number of carbonyl (C=O) groups is 3. The zero-order valence-electron chi connectivity index (χ0n) is 56.5. The second kappa shape index (κ2) is 36.0.